The molecule has 1 aliphatic rings. The number of aromatic nitrogens is 1. The number of aryl methyl sites for hydroxylation is 1. The van der Waals surface area contributed by atoms with E-state index in [9.17, 15) is 4.79 Å². The van der Waals surface area contributed by atoms with E-state index in [0.29, 0.717) is 19.1 Å². The van der Waals surface area contributed by atoms with Crippen molar-refractivity contribution in [3.8, 4) is 0 Å². The minimum Gasteiger partial charge on any atom is -0.465 e. The zero-order valence-electron chi connectivity index (χ0n) is 13.3. The summed E-state index contributed by atoms with van der Waals surface area (Å²) >= 11 is 1.71. The normalized spacial score (nSPS) is 19.4. The first-order valence-electron chi connectivity index (χ1n) is 7.86. The summed E-state index contributed by atoms with van der Waals surface area (Å²) in [6, 6.07) is 0. The molecule has 4 nitrogen and oxygen atoms in total. The maximum absolute atomic E-state index is 12.1. The number of rotatable bonds is 6. The minimum absolute atomic E-state index is 0.0217. The molecule has 2 unspecified atom stereocenters. The first kappa shape index (κ1) is 16.4. The van der Waals surface area contributed by atoms with Gasteiger partial charge in [-0.3, -0.25) is 4.79 Å². The van der Waals surface area contributed by atoms with E-state index in [1.54, 1.807) is 11.3 Å². The van der Waals surface area contributed by atoms with Gasteiger partial charge in [0.2, 0.25) is 0 Å². The fourth-order valence-corrected chi connectivity index (χ4v) is 4.15. The van der Waals surface area contributed by atoms with E-state index in [-0.39, 0.29) is 18.0 Å². The van der Waals surface area contributed by atoms with Crippen LogP contribution in [0.3, 0.4) is 0 Å². The third-order valence-corrected chi connectivity index (χ3v) is 4.93. The van der Waals surface area contributed by atoms with E-state index < -0.39 is 0 Å². The van der Waals surface area contributed by atoms with Gasteiger partial charge in [0.15, 0.2) is 0 Å². The summed E-state index contributed by atoms with van der Waals surface area (Å²) in [6.07, 6.45) is 2.91. The molecule has 0 amide bonds. The molecule has 1 aromatic heterocycles. The molecule has 5 heteroatoms. The first-order chi connectivity index (χ1) is 10.1. The lowest BCUT2D eigenvalue weighted by Crippen LogP contribution is -2.20. The molecule has 0 fully saturated rings. The van der Waals surface area contributed by atoms with Crippen LogP contribution in [0.1, 0.15) is 68.1 Å². The van der Waals surface area contributed by atoms with Gasteiger partial charge in [0.05, 0.1) is 12.3 Å². The van der Waals surface area contributed by atoms with Crippen LogP contribution in [0.2, 0.25) is 0 Å². The summed E-state index contributed by atoms with van der Waals surface area (Å²) in [4.78, 5) is 18.1. The molecule has 0 aromatic carbocycles. The molecule has 0 bridgehead atoms. The topological polar surface area (TPSA) is 48.4 Å². The zero-order valence-corrected chi connectivity index (χ0v) is 14.2. The van der Waals surface area contributed by atoms with Gasteiger partial charge in [-0.2, -0.15) is 0 Å². The second-order valence-corrected chi connectivity index (χ2v) is 6.79. The Balaban J connectivity index is 2.27. The Morgan fingerprint density at radius 2 is 2.14 bits per heavy atom. The van der Waals surface area contributed by atoms with Crippen LogP contribution in [0.25, 0.3) is 0 Å². The van der Waals surface area contributed by atoms with Gasteiger partial charge in [0.1, 0.15) is 17.0 Å². The van der Waals surface area contributed by atoms with Crippen molar-refractivity contribution in [2.24, 2.45) is 5.92 Å². The van der Waals surface area contributed by atoms with E-state index in [1.807, 2.05) is 13.8 Å². The van der Waals surface area contributed by atoms with Crippen molar-refractivity contribution >= 4 is 17.3 Å². The van der Waals surface area contributed by atoms with Gasteiger partial charge in [-0.15, -0.1) is 11.3 Å². The lowest BCUT2D eigenvalue weighted by atomic mass is 9.91. The fourth-order valence-electron chi connectivity index (χ4n) is 2.76. The van der Waals surface area contributed by atoms with Gasteiger partial charge in [0, 0.05) is 11.5 Å². The standard InChI is InChI=1S/C16H25NO3S/c1-5-19-14(10(3)4)15-17-13-11(16(18)20-6-2)8-7-9-12(13)21-15/h10-11,14H,5-9H2,1-4H3. The summed E-state index contributed by atoms with van der Waals surface area (Å²) in [6.45, 7) is 9.24. The number of thiazole rings is 1. The number of carbonyl (C=O) groups is 1. The number of esters is 1. The molecule has 1 heterocycles. The van der Waals surface area contributed by atoms with E-state index in [2.05, 4.69) is 13.8 Å². The van der Waals surface area contributed by atoms with E-state index in [0.717, 1.165) is 30.0 Å². The Labute approximate surface area is 130 Å². The smallest absolute Gasteiger partial charge is 0.315 e. The summed E-state index contributed by atoms with van der Waals surface area (Å²) in [5.41, 5.74) is 0.935. The Bertz CT molecular complexity index is 484. The largest absolute Gasteiger partial charge is 0.465 e. The molecule has 21 heavy (non-hydrogen) atoms. The van der Waals surface area contributed by atoms with Crippen LogP contribution >= 0.6 is 11.3 Å². The molecule has 0 spiro atoms. The van der Waals surface area contributed by atoms with Crippen molar-refractivity contribution in [1.29, 1.82) is 0 Å². The molecule has 2 atom stereocenters. The van der Waals surface area contributed by atoms with E-state index in [4.69, 9.17) is 14.5 Å². The van der Waals surface area contributed by atoms with Crippen LogP contribution in [0.5, 0.6) is 0 Å². The molecule has 1 aromatic rings. The maximum atomic E-state index is 12.1. The lowest BCUT2D eigenvalue weighted by Gasteiger charge is -2.19. The third kappa shape index (κ3) is 3.64. The van der Waals surface area contributed by atoms with Crippen molar-refractivity contribution in [3.05, 3.63) is 15.6 Å². The Kier molecular flexibility index (Phi) is 5.76. The van der Waals surface area contributed by atoms with Crippen molar-refractivity contribution in [3.63, 3.8) is 0 Å². The summed E-state index contributed by atoms with van der Waals surface area (Å²) < 4.78 is 11.0. The molecule has 1 aliphatic carbocycles. The van der Waals surface area contributed by atoms with Crippen molar-refractivity contribution < 1.29 is 14.3 Å². The quantitative estimate of drug-likeness (QED) is 0.749. The Morgan fingerprint density at radius 1 is 1.38 bits per heavy atom. The van der Waals surface area contributed by atoms with E-state index in [1.165, 1.54) is 4.88 Å². The number of ether oxygens (including phenoxy) is 2. The van der Waals surface area contributed by atoms with E-state index >= 15 is 0 Å². The molecule has 2 rings (SSSR count). The minimum atomic E-state index is -0.187. The third-order valence-electron chi connectivity index (χ3n) is 3.74. The second-order valence-electron chi connectivity index (χ2n) is 5.68. The van der Waals surface area contributed by atoms with Crippen molar-refractivity contribution in [1.82, 2.24) is 4.98 Å². The SMILES string of the molecule is CCOC(=O)C1CCCc2sc(C(OCC)C(C)C)nc21. The zero-order chi connectivity index (χ0) is 15.4. The number of carbonyl (C=O) groups excluding carboxylic acids is 1. The second kappa shape index (κ2) is 7.36. The van der Waals surface area contributed by atoms with Gasteiger partial charge in [-0.25, -0.2) is 4.98 Å². The fraction of sp³-hybridized carbons (Fsp3) is 0.750. The first-order valence-corrected chi connectivity index (χ1v) is 8.67. The number of fused-ring (bicyclic) bond motifs is 1. The Hall–Kier alpha value is -0.940. The maximum Gasteiger partial charge on any atom is 0.315 e. The highest BCUT2D eigenvalue weighted by Gasteiger charge is 2.33. The molecule has 0 saturated heterocycles. The van der Waals surface area contributed by atoms with Crippen LogP contribution in [-0.4, -0.2) is 24.2 Å². The molecule has 0 radical (unpaired) electrons. The predicted octanol–water partition coefficient (Wildman–Crippen LogP) is 3.86. The van der Waals surface area contributed by atoms with Crippen LogP contribution in [0.15, 0.2) is 0 Å². The molecule has 0 N–H and O–H groups in total. The van der Waals surface area contributed by atoms with Gasteiger partial charge >= 0.3 is 5.97 Å². The number of hydrogen-bond acceptors (Lipinski definition) is 5. The van der Waals surface area contributed by atoms with Crippen molar-refractivity contribution in [2.75, 3.05) is 13.2 Å². The van der Waals surface area contributed by atoms with Crippen LogP contribution in [-0.2, 0) is 20.7 Å². The summed E-state index contributed by atoms with van der Waals surface area (Å²) in [7, 11) is 0. The van der Waals surface area contributed by atoms with Crippen LogP contribution < -0.4 is 0 Å². The van der Waals surface area contributed by atoms with Gasteiger partial charge in [-0.05, 0) is 39.0 Å². The predicted molar refractivity (Wildman–Crippen MR) is 83.6 cm³/mol. The monoisotopic (exact) mass is 311 g/mol. The Morgan fingerprint density at radius 3 is 2.76 bits per heavy atom. The van der Waals surface area contributed by atoms with Crippen LogP contribution in [0.4, 0.5) is 0 Å². The molecular weight excluding hydrogens is 286 g/mol. The molecule has 0 saturated carbocycles. The molecule has 0 aliphatic heterocycles. The summed E-state index contributed by atoms with van der Waals surface area (Å²) in [5, 5.41) is 1.01. The highest BCUT2D eigenvalue weighted by Crippen LogP contribution is 2.39. The van der Waals surface area contributed by atoms with Gasteiger partial charge in [-0.1, -0.05) is 13.8 Å². The van der Waals surface area contributed by atoms with Crippen LogP contribution in [0, 0.1) is 5.92 Å². The average molecular weight is 311 g/mol. The van der Waals surface area contributed by atoms with Gasteiger partial charge in [0.25, 0.3) is 0 Å². The number of hydrogen-bond donors (Lipinski definition) is 0. The lowest BCUT2D eigenvalue weighted by molar-refractivity contribution is -0.145. The summed E-state index contributed by atoms with van der Waals surface area (Å²) in [5.74, 6) is 0.0551. The van der Waals surface area contributed by atoms with Crippen molar-refractivity contribution in [2.45, 2.75) is 59.0 Å². The molecular formula is C16H25NO3S. The number of nitrogens with zero attached hydrogens (tertiary/aromatic N) is 1. The molecule has 118 valence electrons. The average Bonchev–Trinajstić information content (AvgIpc) is 2.87. The highest BCUT2D eigenvalue weighted by atomic mass is 32.1. The van der Waals surface area contributed by atoms with Gasteiger partial charge < -0.3 is 9.47 Å². The highest BCUT2D eigenvalue weighted by molar-refractivity contribution is 7.11.